The molecule has 0 aromatic rings. The van der Waals surface area contributed by atoms with Gasteiger partial charge in [-0.05, 0) is 104 Å². The molecule has 4 aliphatic rings. The highest BCUT2D eigenvalue weighted by Crippen LogP contribution is 2.04. The first-order valence-electron chi connectivity index (χ1n) is 32.4. The Hall–Kier alpha value is -8.31. The normalized spacial score (nSPS) is 12.9. The summed E-state index contributed by atoms with van der Waals surface area (Å²) < 4.78 is 88.5. The number of cyclic esters (lactones) is 8. The van der Waals surface area contributed by atoms with E-state index in [4.69, 9.17) is 114 Å². The van der Waals surface area contributed by atoms with Gasteiger partial charge in [0.25, 0.3) is 0 Å². The third-order valence-electron chi connectivity index (χ3n) is 7.14. The fourth-order valence-electron chi connectivity index (χ4n) is 3.20. The molecule has 0 aromatic carbocycles. The van der Waals surface area contributed by atoms with E-state index in [2.05, 4.69) is 80.5 Å². The highest BCUT2D eigenvalue weighted by atomic mass is 16.8. The lowest BCUT2D eigenvalue weighted by Gasteiger charge is -2.04. The van der Waals surface area contributed by atoms with E-state index in [-0.39, 0.29) is 107 Å². The number of carbonyl (C=O) groups excluding carboxylic acids is 15. The highest BCUT2D eigenvalue weighted by Gasteiger charge is 2.20. The Morgan fingerprint density at radius 2 is 0.685 bits per heavy atom. The number of carbonyl (C=O) groups is 7. The zero-order valence-electron chi connectivity index (χ0n) is 68.5. The Kier molecular flexibility index (Phi) is 211. The average molecular weight is 1660 g/mol. The summed E-state index contributed by atoms with van der Waals surface area (Å²) >= 11 is 0. The van der Waals surface area contributed by atoms with Crippen LogP contribution in [0.1, 0.15) is 104 Å². The van der Waals surface area contributed by atoms with E-state index >= 15 is 0 Å². The van der Waals surface area contributed by atoms with Crippen LogP contribution in [0, 0.1) is 0 Å². The lowest BCUT2D eigenvalue weighted by atomic mass is 10.4. The quantitative estimate of drug-likeness (QED) is 0.0475. The maximum Gasteiger partial charge on any atom is 0.508 e. The predicted octanol–water partition coefficient (Wildman–Crippen LogP) is 0.472. The molecule has 7 atom stereocenters. The summed E-state index contributed by atoms with van der Waals surface area (Å²) in [5.41, 5.74) is 0. The smallest absolute Gasteiger partial charge is 0.438 e. The van der Waals surface area contributed by atoms with Crippen LogP contribution in [-0.4, -0.2) is 381 Å². The molecule has 0 radical (unpaired) electrons. The summed E-state index contributed by atoms with van der Waals surface area (Å²) in [4.78, 5) is 135. The van der Waals surface area contributed by atoms with E-state index in [1.807, 2.05) is 27.7 Å². The first-order valence-corrected chi connectivity index (χ1v) is 32.4. The maximum atomic E-state index is 10.2. The number of methoxy groups -OCH3 is 6. The predicted molar refractivity (Wildman–Crippen MR) is 377 cm³/mol. The minimum atomic E-state index is -0.657. The van der Waals surface area contributed by atoms with Gasteiger partial charge in [-0.15, -0.1) is 0 Å². The van der Waals surface area contributed by atoms with Crippen molar-refractivity contribution in [1.82, 2.24) is 0 Å². The molecule has 0 amide bonds. The van der Waals surface area contributed by atoms with Gasteiger partial charge < -0.3 is 156 Å². The van der Waals surface area contributed by atoms with E-state index in [1.54, 1.807) is 90.6 Å². The molecule has 0 aliphatic carbocycles. The van der Waals surface area contributed by atoms with Gasteiger partial charge >= 0.3 is 67.7 Å². The SMILES string of the molecule is CC(O)CO.CC1COC(=O)O1.CC1COC(=O)O1.CCO.CCO.CCOC(=O)OC.CCOC(=O)OCC.CCOC(C)CO.CCOCC(C)O.CCOCCO.CO.CO.COC(=O)OC.COC(C)CO.COCC(C)O.COCCO.O=C1OCCO1.O=C1OCCO1.O=C=O.O=C=O.O=C=O.O=C=O. The molecule has 0 saturated carbocycles. The lowest BCUT2D eigenvalue weighted by molar-refractivity contribution is -0.193. The number of aliphatic hydroxyl groups excluding tert-OH is 12. The molecule has 47 nitrogen and oxygen atoms in total. The molecule has 0 aromatic heterocycles. The monoisotopic (exact) mass is 1650 g/mol. The molecule has 0 bridgehead atoms. The molecule has 4 heterocycles. The van der Waals surface area contributed by atoms with E-state index in [9.17, 15) is 33.6 Å². The van der Waals surface area contributed by atoms with Crippen LogP contribution in [0.5, 0.6) is 0 Å². The van der Waals surface area contributed by atoms with Crippen LogP contribution < -0.4 is 0 Å². The lowest BCUT2D eigenvalue weighted by Crippen LogP contribution is -2.11. The molecule has 4 fully saturated rings. The van der Waals surface area contributed by atoms with Gasteiger partial charge in [-0.1, -0.05) is 0 Å². The Morgan fingerprint density at radius 1 is 0.396 bits per heavy atom. The van der Waals surface area contributed by atoms with Crippen molar-refractivity contribution in [3.05, 3.63) is 0 Å². The van der Waals surface area contributed by atoms with Gasteiger partial charge in [0.05, 0.1) is 131 Å². The van der Waals surface area contributed by atoms with Gasteiger partial charge in [-0.2, -0.15) is 38.4 Å². The Labute approximate surface area is 649 Å². The number of hydrogen-bond donors (Lipinski definition) is 12. The van der Waals surface area contributed by atoms with Crippen molar-refractivity contribution in [1.29, 1.82) is 0 Å². The summed E-state index contributed by atoms with van der Waals surface area (Å²) in [6.45, 7) is 34.7. The van der Waals surface area contributed by atoms with Crippen LogP contribution in [0.15, 0.2) is 0 Å². The van der Waals surface area contributed by atoms with Crippen molar-refractivity contribution in [3.8, 4) is 0 Å². The summed E-state index contributed by atoms with van der Waals surface area (Å²) in [5, 5.41) is 94.7. The second-order valence-electron chi connectivity index (χ2n) is 16.7. The third kappa shape index (κ3) is 266. The zero-order chi connectivity index (χ0) is 91.3. The van der Waals surface area contributed by atoms with Crippen molar-refractivity contribution in [2.24, 2.45) is 0 Å². The van der Waals surface area contributed by atoms with Crippen molar-refractivity contribution < 1.29 is 228 Å². The van der Waals surface area contributed by atoms with Gasteiger partial charge in [0, 0.05) is 68.6 Å². The number of ether oxygens (including phenoxy) is 20. The van der Waals surface area contributed by atoms with Crippen LogP contribution in [0.4, 0.5) is 33.6 Å². The second-order valence-corrected chi connectivity index (χ2v) is 16.7. The summed E-state index contributed by atoms with van der Waals surface area (Å²) in [6.07, 6.45) is -4.36. The fraction of sp³-hybridized carbons (Fsp3) is 0.828. The van der Waals surface area contributed by atoms with Gasteiger partial charge in [0.2, 0.25) is 0 Å². The van der Waals surface area contributed by atoms with Crippen molar-refractivity contribution in [2.45, 2.75) is 147 Å². The molecule has 7 unspecified atom stereocenters. The maximum absolute atomic E-state index is 10.2. The fourth-order valence-corrected chi connectivity index (χ4v) is 3.20. The van der Waals surface area contributed by atoms with Crippen LogP contribution in [-0.2, 0) is 133 Å². The van der Waals surface area contributed by atoms with E-state index in [0.29, 0.717) is 106 Å². The average Bonchev–Trinajstić information content (AvgIpc) is 1.85. The van der Waals surface area contributed by atoms with Gasteiger partial charge in [0.1, 0.15) is 51.8 Å². The van der Waals surface area contributed by atoms with Crippen LogP contribution in [0.3, 0.4) is 0 Å². The number of aliphatic hydroxyl groups is 12. The molecule has 0 spiro atoms. The first-order chi connectivity index (χ1) is 52.5. The summed E-state index contributed by atoms with van der Waals surface area (Å²) in [7, 11) is 10.5. The Morgan fingerprint density at radius 3 is 0.757 bits per heavy atom. The largest absolute Gasteiger partial charge is 0.508 e. The van der Waals surface area contributed by atoms with Gasteiger partial charge in [0.15, 0.2) is 0 Å². The molecule has 4 aliphatic heterocycles. The summed E-state index contributed by atoms with van der Waals surface area (Å²) in [5.74, 6) is 0. The number of rotatable bonds is 19. The minimum Gasteiger partial charge on any atom is -0.438 e. The molecule has 111 heavy (non-hydrogen) atoms. The minimum absolute atomic E-state index is 0.00463. The van der Waals surface area contributed by atoms with E-state index in [1.165, 1.54) is 28.3 Å². The first kappa shape index (κ1) is 148. The van der Waals surface area contributed by atoms with Gasteiger partial charge in [-0.3, -0.25) is 0 Å². The molecule has 12 N–H and O–H groups in total. The van der Waals surface area contributed by atoms with Crippen LogP contribution in [0.25, 0.3) is 0 Å². The van der Waals surface area contributed by atoms with E-state index in [0.717, 1.165) is 14.2 Å². The third-order valence-corrected chi connectivity index (χ3v) is 7.14. The molecular weight excluding hydrogens is 1520 g/mol. The zero-order valence-corrected chi connectivity index (χ0v) is 68.5. The Bertz CT molecular complexity index is 1720. The van der Waals surface area contributed by atoms with Crippen LogP contribution >= 0.6 is 0 Å². The highest BCUT2D eigenvalue weighted by molar-refractivity contribution is 5.62. The molecular formula is C64H134O47. The van der Waals surface area contributed by atoms with Crippen molar-refractivity contribution >= 4 is 67.7 Å². The number of hydrogen-bond acceptors (Lipinski definition) is 47. The van der Waals surface area contributed by atoms with Crippen LogP contribution in [0.2, 0.25) is 0 Å². The van der Waals surface area contributed by atoms with Gasteiger partial charge in [-0.25, -0.2) is 33.6 Å². The molecule has 4 rings (SSSR count). The topological polar surface area (TPSA) is 683 Å². The molecule has 47 heteroatoms. The van der Waals surface area contributed by atoms with Crippen molar-refractivity contribution in [3.63, 3.8) is 0 Å². The second kappa shape index (κ2) is 158. The van der Waals surface area contributed by atoms with Crippen molar-refractivity contribution in [2.75, 3.05) is 209 Å². The summed E-state index contributed by atoms with van der Waals surface area (Å²) in [6, 6.07) is 0. The molecule has 4 saturated heterocycles. The standard InChI is InChI=1S/C5H10O3.2C5H12O2.2C4H6O3.C4H8O3.3C4H10O2.2C3H4O3.C3H6O3.2C3H8O2.2C2H6O.4CO2.2CH4O/c1-3-7-5(6)8-4-2;1-3-7-4-5(2)6;1-3-7-5(2)4-6;2*1-3-2-6-4(5)7-3;1-3-7-4(5)6-2;1-4(5)3-6-2;1-4(3-5)6-2;1-2-6-4-3-5;2*4-3-5-1-2-6-3;1-5-3(4)6-2;1-5-3-2-4;1-3(5)2-4;2*1-2-3;4*2-1-3;2*1-2/h3-4H2,1-2H3;2*5-6H,3-4H2,1-2H3;2*3H,2H2,1H3;3H2,1-2H3;2*4-5H,3H2,1-2H3;5H,2-4H2,1H3;2*1-2H2;1-2H3;4H,2-3H2,1H3;3-5H,2H2,1H3;2*3H,2H2,1H3;;;;;2*2H,1H3. The Balaban J connectivity index is -0.0000000515. The van der Waals surface area contributed by atoms with E-state index < -0.39 is 49.2 Å². The molecule has 672 valence electrons.